The van der Waals surface area contributed by atoms with E-state index in [-0.39, 0.29) is 23.9 Å². The monoisotopic (exact) mass is 482 g/mol. The second-order valence-electron chi connectivity index (χ2n) is 8.08. The van der Waals surface area contributed by atoms with E-state index in [1.165, 1.54) is 6.92 Å². The van der Waals surface area contributed by atoms with E-state index >= 15 is 0 Å². The van der Waals surface area contributed by atoms with Gasteiger partial charge in [-0.25, -0.2) is 0 Å². The quantitative estimate of drug-likeness (QED) is 0.424. The van der Waals surface area contributed by atoms with Gasteiger partial charge in [0.15, 0.2) is 0 Å². The Morgan fingerprint density at radius 1 is 1.00 bits per heavy atom. The van der Waals surface area contributed by atoms with Crippen LogP contribution in [0.25, 0.3) is 0 Å². The van der Waals surface area contributed by atoms with E-state index < -0.39 is 0 Å². The van der Waals surface area contributed by atoms with Gasteiger partial charge in [-0.15, -0.1) is 0 Å². The lowest BCUT2D eigenvalue weighted by Gasteiger charge is -2.43. The summed E-state index contributed by atoms with van der Waals surface area (Å²) in [5.74, 6) is 0.377. The number of nitrogens with zero attached hydrogens (tertiary/aromatic N) is 2. The second kappa shape index (κ2) is 9.46. The van der Waals surface area contributed by atoms with E-state index in [1.807, 2.05) is 31.2 Å². The molecule has 1 heterocycles. The summed E-state index contributed by atoms with van der Waals surface area (Å²) in [6.07, 6.45) is 0.547. The Labute approximate surface area is 203 Å². The van der Waals surface area contributed by atoms with Crippen LogP contribution in [-0.2, 0) is 4.79 Å². The van der Waals surface area contributed by atoms with Crippen molar-refractivity contribution >= 4 is 46.4 Å². The lowest BCUT2D eigenvalue weighted by Crippen LogP contribution is -2.47. The SMILES string of the molecule is COc1cccc(C(=O)N2c3ccc(Cl)cc3[C@@H](N(C(C)=O)c3ccc(Cl)cc3)C[C@H]2C)c1. The second-order valence-corrected chi connectivity index (χ2v) is 8.95. The van der Waals surface area contributed by atoms with Crippen molar-refractivity contribution in [3.63, 3.8) is 0 Å². The molecule has 0 radical (unpaired) electrons. The molecule has 2 atom stereocenters. The molecule has 1 aliphatic rings. The molecule has 7 heteroatoms. The van der Waals surface area contributed by atoms with E-state index in [9.17, 15) is 9.59 Å². The van der Waals surface area contributed by atoms with Gasteiger partial charge in [-0.1, -0.05) is 29.3 Å². The molecule has 0 aliphatic carbocycles. The summed E-state index contributed by atoms with van der Waals surface area (Å²) in [6.45, 7) is 3.53. The van der Waals surface area contributed by atoms with E-state index in [1.54, 1.807) is 59.4 Å². The molecule has 0 saturated carbocycles. The van der Waals surface area contributed by atoms with Crippen LogP contribution in [0.1, 0.15) is 42.2 Å². The summed E-state index contributed by atoms with van der Waals surface area (Å²) in [4.78, 5) is 29.9. The largest absolute Gasteiger partial charge is 0.497 e. The number of carbonyl (C=O) groups excluding carboxylic acids is 2. The Morgan fingerprint density at radius 3 is 2.36 bits per heavy atom. The van der Waals surface area contributed by atoms with E-state index in [4.69, 9.17) is 27.9 Å². The van der Waals surface area contributed by atoms with Crippen LogP contribution in [0.15, 0.2) is 66.7 Å². The average molecular weight is 483 g/mol. The van der Waals surface area contributed by atoms with E-state index in [2.05, 4.69) is 0 Å². The zero-order valence-electron chi connectivity index (χ0n) is 18.6. The Kier molecular flexibility index (Phi) is 6.63. The van der Waals surface area contributed by atoms with Crippen molar-refractivity contribution in [2.24, 2.45) is 0 Å². The van der Waals surface area contributed by atoms with Gasteiger partial charge in [-0.3, -0.25) is 9.59 Å². The number of carbonyl (C=O) groups is 2. The molecule has 1 aliphatic heterocycles. The maximum Gasteiger partial charge on any atom is 0.258 e. The molecule has 3 aromatic carbocycles. The van der Waals surface area contributed by atoms with Gasteiger partial charge in [-0.05, 0) is 74.0 Å². The van der Waals surface area contributed by atoms with Crippen molar-refractivity contribution in [2.45, 2.75) is 32.4 Å². The summed E-state index contributed by atoms with van der Waals surface area (Å²) in [5.41, 5.74) is 2.82. The molecule has 170 valence electrons. The molecule has 0 saturated heterocycles. The number of amides is 2. The highest BCUT2D eigenvalue weighted by Gasteiger charge is 2.38. The minimum atomic E-state index is -0.290. The number of rotatable bonds is 4. The first-order chi connectivity index (χ1) is 15.8. The molecule has 0 unspecified atom stereocenters. The molecule has 3 aromatic rings. The summed E-state index contributed by atoms with van der Waals surface area (Å²) < 4.78 is 5.29. The van der Waals surface area contributed by atoms with Gasteiger partial charge in [0.1, 0.15) is 5.75 Å². The van der Waals surface area contributed by atoms with E-state index in [0.717, 1.165) is 16.9 Å². The fourth-order valence-corrected chi connectivity index (χ4v) is 4.74. The van der Waals surface area contributed by atoms with Gasteiger partial charge in [0, 0.05) is 45.5 Å². The van der Waals surface area contributed by atoms with Crippen LogP contribution >= 0.6 is 23.2 Å². The predicted octanol–water partition coefficient (Wildman–Crippen LogP) is 6.54. The number of halogens is 2. The molecule has 33 heavy (non-hydrogen) atoms. The Balaban J connectivity index is 1.80. The van der Waals surface area contributed by atoms with Gasteiger partial charge in [-0.2, -0.15) is 0 Å². The molecule has 0 bridgehead atoms. The topological polar surface area (TPSA) is 49.9 Å². The predicted molar refractivity (Wildman–Crippen MR) is 133 cm³/mol. The standard InChI is InChI=1S/C26H24Cl2N2O3/c1-16-13-25(30(17(2)31)21-10-7-19(27)8-11-21)23-15-20(28)9-12-24(23)29(16)26(32)18-5-4-6-22(14-18)33-3/h4-12,14-16,25H,13H2,1-3H3/t16-,25+/m1/s1. The van der Waals surface area contributed by atoms with Crippen molar-refractivity contribution in [3.8, 4) is 5.75 Å². The lowest BCUT2D eigenvalue weighted by molar-refractivity contribution is -0.117. The van der Waals surface area contributed by atoms with Crippen molar-refractivity contribution < 1.29 is 14.3 Å². The van der Waals surface area contributed by atoms with Crippen LogP contribution in [0.4, 0.5) is 11.4 Å². The third-order valence-corrected chi connectivity index (χ3v) is 6.39. The molecule has 4 rings (SSSR count). The molecule has 0 aromatic heterocycles. The molecular weight excluding hydrogens is 459 g/mol. The Hall–Kier alpha value is -3.02. The Morgan fingerprint density at radius 2 is 1.70 bits per heavy atom. The first kappa shape index (κ1) is 23.1. The summed E-state index contributed by atoms with van der Waals surface area (Å²) in [5, 5.41) is 1.14. The molecule has 0 fully saturated rings. The summed E-state index contributed by atoms with van der Waals surface area (Å²) in [6, 6.07) is 19.3. The average Bonchev–Trinajstić information content (AvgIpc) is 2.80. The minimum absolute atomic E-state index is 0.104. The highest BCUT2D eigenvalue weighted by atomic mass is 35.5. The van der Waals surface area contributed by atoms with Gasteiger partial charge in [0.2, 0.25) is 5.91 Å². The van der Waals surface area contributed by atoms with Crippen molar-refractivity contribution in [1.29, 1.82) is 0 Å². The number of hydrogen-bond donors (Lipinski definition) is 0. The first-order valence-corrected chi connectivity index (χ1v) is 11.4. The first-order valence-electron chi connectivity index (χ1n) is 10.6. The number of fused-ring (bicyclic) bond motifs is 1. The van der Waals surface area contributed by atoms with Gasteiger partial charge in [0.25, 0.3) is 5.91 Å². The minimum Gasteiger partial charge on any atom is -0.497 e. The third-order valence-electron chi connectivity index (χ3n) is 5.90. The number of hydrogen-bond acceptors (Lipinski definition) is 3. The Bertz CT molecular complexity index is 1200. The smallest absolute Gasteiger partial charge is 0.258 e. The van der Waals surface area contributed by atoms with E-state index in [0.29, 0.717) is 27.8 Å². The summed E-state index contributed by atoms with van der Waals surface area (Å²) >= 11 is 12.4. The van der Waals surface area contributed by atoms with Crippen LogP contribution in [0.3, 0.4) is 0 Å². The fourth-order valence-electron chi connectivity index (χ4n) is 4.44. The highest BCUT2D eigenvalue weighted by Crippen LogP contribution is 2.44. The normalized spacial score (nSPS) is 17.3. The maximum absolute atomic E-state index is 13.6. The van der Waals surface area contributed by atoms with Crippen LogP contribution in [0.5, 0.6) is 5.75 Å². The molecule has 0 N–H and O–H groups in total. The van der Waals surface area contributed by atoms with Crippen molar-refractivity contribution in [2.75, 3.05) is 16.9 Å². The van der Waals surface area contributed by atoms with Gasteiger partial charge in [0.05, 0.1) is 13.2 Å². The van der Waals surface area contributed by atoms with Gasteiger partial charge < -0.3 is 14.5 Å². The van der Waals surface area contributed by atoms with Crippen LogP contribution < -0.4 is 14.5 Å². The zero-order chi connectivity index (χ0) is 23.7. The maximum atomic E-state index is 13.6. The highest BCUT2D eigenvalue weighted by molar-refractivity contribution is 6.31. The fraction of sp³-hybridized carbons (Fsp3) is 0.231. The van der Waals surface area contributed by atoms with Crippen LogP contribution in [0.2, 0.25) is 10.0 Å². The number of benzene rings is 3. The number of anilines is 2. The molecule has 2 amide bonds. The third kappa shape index (κ3) is 4.56. The molecule has 5 nitrogen and oxygen atoms in total. The molecular formula is C26H24Cl2N2O3. The number of ether oxygens (including phenoxy) is 1. The van der Waals surface area contributed by atoms with Crippen LogP contribution in [0, 0.1) is 0 Å². The van der Waals surface area contributed by atoms with Crippen molar-refractivity contribution in [3.05, 3.63) is 87.9 Å². The zero-order valence-corrected chi connectivity index (χ0v) is 20.1. The lowest BCUT2D eigenvalue weighted by atomic mass is 9.89. The van der Waals surface area contributed by atoms with Crippen LogP contribution in [-0.4, -0.2) is 25.0 Å². The number of methoxy groups -OCH3 is 1. The summed E-state index contributed by atoms with van der Waals surface area (Å²) in [7, 11) is 1.57. The van der Waals surface area contributed by atoms with Gasteiger partial charge >= 0.3 is 0 Å². The van der Waals surface area contributed by atoms with Crippen molar-refractivity contribution in [1.82, 2.24) is 0 Å². The molecule has 0 spiro atoms.